The van der Waals surface area contributed by atoms with Gasteiger partial charge in [0.05, 0.1) is 13.2 Å². The summed E-state index contributed by atoms with van der Waals surface area (Å²) >= 11 is 6.12. The molecule has 2 rings (SSSR count). The molecule has 0 spiro atoms. The fraction of sp³-hybridized carbons (Fsp3) is 0.455. The molecule has 2 heteroatoms. The molecule has 0 saturated heterocycles. The summed E-state index contributed by atoms with van der Waals surface area (Å²) in [4.78, 5) is 0. The number of hydrogen-bond acceptors (Lipinski definition) is 1. The van der Waals surface area contributed by atoms with Crippen molar-refractivity contribution in [3.63, 3.8) is 0 Å². The van der Waals surface area contributed by atoms with Gasteiger partial charge in [-0.3, -0.25) is 0 Å². The van der Waals surface area contributed by atoms with Crippen molar-refractivity contribution in [1.82, 2.24) is 0 Å². The third-order valence-corrected chi connectivity index (χ3v) is 2.93. The van der Waals surface area contributed by atoms with E-state index in [1.807, 2.05) is 6.07 Å². The van der Waals surface area contributed by atoms with Gasteiger partial charge in [0.1, 0.15) is 0 Å². The number of benzene rings is 1. The third kappa shape index (κ3) is 1.59. The summed E-state index contributed by atoms with van der Waals surface area (Å²) in [6.07, 6.45) is 2.03. The SMILES string of the molecule is CCc1c(Cl)ccc2c1CCOC2. The van der Waals surface area contributed by atoms with Gasteiger partial charge in [0, 0.05) is 5.02 Å². The lowest BCUT2D eigenvalue weighted by molar-refractivity contribution is 0.110. The maximum absolute atomic E-state index is 6.12. The van der Waals surface area contributed by atoms with E-state index in [0.717, 1.165) is 31.1 Å². The van der Waals surface area contributed by atoms with Gasteiger partial charge in [0.2, 0.25) is 0 Å². The van der Waals surface area contributed by atoms with Crippen molar-refractivity contribution in [3.05, 3.63) is 33.8 Å². The first-order valence-corrected chi connectivity index (χ1v) is 5.07. The Morgan fingerprint density at radius 3 is 3.08 bits per heavy atom. The minimum atomic E-state index is 0.750. The van der Waals surface area contributed by atoms with Crippen LogP contribution in [0, 0.1) is 0 Å². The highest BCUT2D eigenvalue weighted by Gasteiger charge is 2.14. The molecular weight excluding hydrogens is 184 g/mol. The van der Waals surface area contributed by atoms with Gasteiger partial charge in [-0.25, -0.2) is 0 Å². The molecule has 0 amide bonds. The zero-order valence-corrected chi connectivity index (χ0v) is 8.53. The quantitative estimate of drug-likeness (QED) is 0.671. The lowest BCUT2D eigenvalue weighted by Gasteiger charge is -2.20. The fourth-order valence-corrected chi connectivity index (χ4v) is 2.21. The van der Waals surface area contributed by atoms with Gasteiger partial charge < -0.3 is 4.74 Å². The van der Waals surface area contributed by atoms with Crippen LogP contribution in [0.2, 0.25) is 5.02 Å². The highest BCUT2D eigenvalue weighted by molar-refractivity contribution is 6.31. The molecule has 1 heterocycles. The van der Waals surface area contributed by atoms with Gasteiger partial charge in [-0.15, -0.1) is 0 Å². The van der Waals surface area contributed by atoms with Crippen LogP contribution in [-0.4, -0.2) is 6.61 Å². The Morgan fingerprint density at radius 2 is 2.31 bits per heavy atom. The van der Waals surface area contributed by atoms with Crippen molar-refractivity contribution < 1.29 is 4.74 Å². The molecule has 0 bridgehead atoms. The number of hydrogen-bond donors (Lipinski definition) is 0. The molecule has 0 aromatic heterocycles. The van der Waals surface area contributed by atoms with Gasteiger partial charge in [-0.2, -0.15) is 0 Å². The summed E-state index contributed by atoms with van der Waals surface area (Å²) in [6.45, 7) is 3.73. The molecule has 1 aliphatic rings. The average molecular weight is 197 g/mol. The van der Waals surface area contributed by atoms with Gasteiger partial charge in [-0.1, -0.05) is 24.6 Å². The highest BCUT2D eigenvalue weighted by Crippen LogP contribution is 2.27. The minimum Gasteiger partial charge on any atom is -0.376 e. The Kier molecular flexibility index (Phi) is 2.56. The smallest absolute Gasteiger partial charge is 0.0719 e. The molecule has 0 atom stereocenters. The van der Waals surface area contributed by atoms with Crippen molar-refractivity contribution in [1.29, 1.82) is 0 Å². The largest absolute Gasteiger partial charge is 0.376 e. The Labute approximate surface area is 83.7 Å². The molecule has 70 valence electrons. The van der Waals surface area contributed by atoms with Gasteiger partial charge in [-0.05, 0) is 35.6 Å². The Balaban J connectivity index is 2.52. The van der Waals surface area contributed by atoms with Crippen LogP contribution in [0.25, 0.3) is 0 Å². The third-order valence-electron chi connectivity index (χ3n) is 2.58. The lowest BCUT2D eigenvalue weighted by Crippen LogP contribution is -2.12. The zero-order valence-electron chi connectivity index (χ0n) is 7.77. The second kappa shape index (κ2) is 3.69. The topological polar surface area (TPSA) is 9.23 Å². The molecule has 0 fully saturated rings. The lowest BCUT2D eigenvalue weighted by atomic mass is 9.96. The van der Waals surface area contributed by atoms with E-state index in [0.29, 0.717) is 0 Å². The monoisotopic (exact) mass is 196 g/mol. The molecule has 0 N–H and O–H groups in total. The summed E-state index contributed by atoms with van der Waals surface area (Å²) in [5, 5.41) is 0.906. The van der Waals surface area contributed by atoms with Gasteiger partial charge >= 0.3 is 0 Å². The Bertz CT molecular complexity index is 320. The van der Waals surface area contributed by atoms with E-state index in [2.05, 4.69) is 13.0 Å². The molecule has 1 nitrogen and oxygen atoms in total. The normalized spacial score (nSPS) is 15.5. The first-order chi connectivity index (χ1) is 6.33. The van der Waals surface area contributed by atoms with E-state index in [4.69, 9.17) is 16.3 Å². The Morgan fingerprint density at radius 1 is 1.46 bits per heavy atom. The second-order valence-corrected chi connectivity index (χ2v) is 3.73. The van der Waals surface area contributed by atoms with Crippen LogP contribution in [0.15, 0.2) is 12.1 Å². The van der Waals surface area contributed by atoms with E-state index in [9.17, 15) is 0 Å². The van der Waals surface area contributed by atoms with Crippen LogP contribution < -0.4 is 0 Å². The molecule has 1 aromatic carbocycles. The molecule has 1 aliphatic heterocycles. The predicted molar refractivity (Wildman–Crippen MR) is 54.2 cm³/mol. The molecule has 0 radical (unpaired) electrons. The van der Waals surface area contributed by atoms with Crippen LogP contribution in [0.4, 0.5) is 0 Å². The summed E-state index contributed by atoms with van der Waals surface area (Å²) in [7, 11) is 0. The second-order valence-electron chi connectivity index (χ2n) is 3.32. The maximum atomic E-state index is 6.12. The first kappa shape index (κ1) is 9.04. The maximum Gasteiger partial charge on any atom is 0.0719 e. The van der Waals surface area contributed by atoms with E-state index < -0.39 is 0 Å². The van der Waals surface area contributed by atoms with E-state index in [1.165, 1.54) is 16.7 Å². The van der Waals surface area contributed by atoms with Gasteiger partial charge in [0.25, 0.3) is 0 Å². The first-order valence-electron chi connectivity index (χ1n) is 4.69. The number of ether oxygens (including phenoxy) is 1. The fourth-order valence-electron chi connectivity index (χ4n) is 1.90. The van der Waals surface area contributed by atoms with E-state index in [1.54, 1.807) is 0 Å². The van der Waals surface area contributed by atoms with Crippen LogP contribution in [0.1, 0.15) is 23.6 Å². The van der Waals surface area contributed by atoms with Crippen LogP contribution in [0.3, 0.4) is 0 Å². The van der Waals surface area contributed by atoms with Crippen LogP contribution in [0.5, 0.6) is 0 Å². The van der Waals surface area contributed by atoms with E-state index >= 15 is 0 Å². The minimum absolute atomic E-state index is 0.750. The molecular formula is C11H13ClO. The van der Waals surface area contributed by atoms with Crippen molar-refractivity contribution in [2.75, 3.05) is 6.61 Å². The molecule has 0 unspecified atom stereocenters. The van der Waals surface area contributed by atoms with Crippen molar-refractivity contribution in [3.8, 4) is 0 Å². The predicted octanol–water partition coefficient (Wildman–Crippen LogP) is 2.98. The zero-order chi connectivity index (χ0) is 9.26. The van der Waals surface area contributed by atoms with Gasteiger partial charge in [0.15, 0.2) is 0 Å². The number of rotatable bonds is 1. The van der Waals surface area contributed by atoms with E-state index in [-0.39, 0.29) is 0 Å². The highest BCUT2D eigenvalue weighted by atomic mass is 35.5. The summed E-state index contributed by atoms with van der Waals surface area (Å²) in [5.41, 5.74) is 4.04. The van der Waals surface area contributed by atoms with Crippen molar-refractivity contribution >= 4 is 11.6 Å². The molecule has 0 aliphatic carbocycles. The van der Waals surface area contributed by atoms with Crippen molar-refractivity contribution in [2.45, 2.75) is 26.4 Å². The Hall–Kier alpha value is -0.530. The molecule has 13 heavy (non-hydrogen) atoms. The number of fused-ring (bicyclic) bond motifs is 1. The van der Waals surface area contributed by atoms with Crippen LogP contribution >= 0.6 is 11.6 Å². The average Bonchev–Trinajstić information content (AvgIpc) is 2.18. The van der Waals surface area contributed by atoms with Crippen LogP contribution in [-0.2, 0) is 24.2 Å². The summed E-state index contributed by atoms with van der Waals surface area (Å²) in [6, 6.07) is 4.06. The summed E-state index contributed by atoms with van der Waals surface area (Å²) in [5.74, 6) is 0. The van der Waals surface area contributed by atoms with Crippen molar-refractivity contribution in [2.24, 2.45) is 0 Å². The summed E-state index contributed by atoms with van der Waals surface area (Å²) < 4.78 is 5.39. The number of halogens is 1. The molecule has 0 saturated carbocycles. The molecule has 1 aromatic rings. The standard InChI is InChI=1S/C11H13ClO/c1-2-9-10-5-6-13-7-8(10)3-4-11(9)12/h3-4H,2,5-7H2,1H3.